The zero-order chi connectivity index (χ0) is 13.7. The predicted octanol–water partition coefficient (Wildman–Crippen LogP) is 2.50. The first-order valence-electron chi connectivity index (χ1n) is 6.55. The third-order valence-electron chi connectivity index (χ3n) is 3.65. The molecule has 0 saturated carbocycles. The Labute approximate surface area is 113 Å². The molecule has 5 heteroatoms. The van der Waals surface area contributed by atoms with E-state index in [0.29, 0.717) is 6.54 Å². The van der Waals surface area contributed by atoms with E-state index < -0.39 is 0 Å². The molecule has 1 saturated heterocycles. The fourth-order valence-corrected chi connectivity index (χ4v) is 2.55. The highest BCUT2D eigenvalue weighted by atomic mass is 16.3. The van der Waals surface area contributed by atoms with Gasteiger partial charge in [-0.15, -0.1) is 4.91 Å². The summed E-state index contributed by atoms with van der Waals surface area (Å²) in [5, 5.41) is 13.7. The highest BCUT2D eigenvalue weighted by Crippen LogP contribution is 2.22. The molecule has 1 aromatic rings. The predicted molar refractivity (Wildman–Crippen MR) is 72.6 cm³/mol. The van der Waals surface area contributed by atoms with Gasteiger partial charge in [-0.1, -0.05) is 30.3 Å². The molecule has 0 amide bonds. The molecule has 2 unspecified atom stereocenters. The topological polar surface area (TPSA) is 59.7 Å². The minimum Gasteiger partial charge on any atom is -0.266 e. The minimum atomic E-state index is -0.148. The Morgan fingerprint density at radius 3 is 2.89 bits per heavy atom. The summed E-state index contributed by atoms with van der Waals surface area (Å²) in [4.78, 5) is 13.1. The molecular weight excluding hydrogens is 240 g/mol. The average molecular weight is 258 g/mol. The number of nitrogens with zero attached hydrogens (tertiary/aromatic N) is 4. The Balaban J connectivity index is 2.05. The monoisotopic (exact) mass is 258 g/mol. The van der Waals surface area contributed by atoms with Gasteiger partial charge in [-0.3, -0.25) is 4.90 Å². The molecule has 0 spiro atoms. The molecule has 5 nitrogen and oxygen atoms in total. The summed E-state index contributed by atoms with van der Waals surface area (Å²) in [6, 6.07) is 12.0. The highest BCUT2D eigenvalue weighted by Gasteiger charge is 2.31. The van der Waals surface area contributed by atoms with Gasteiger partial charge in [0.25, 0.3) is 0 Å². The van der Waals surface area contributed by atoms with Gasteiger partial charge in [-0.25, -0.2) is 5.01 Å². The number of benzene rings is 1. The lowest BCUT2D eigenvalue weighted by Gasteiger charge is -2.32. The molecule has 1 fully saturated rings. The van der Waals surface area contributed by atoms with E-state index in [2.05, 4.69) is 11.4 Å². The van der Waals surface area contributed by atoms with Gasteiger partial charge in [0.1, 0.15) is 6.17 Å². The molecule has 0 radical (unpaired) electrons. The number of rotatable bonds is 5. The number of nitriles is 1. The third kappa shape index (κ3) is 3.09. The second-order valence-electron chi connectivity index (χ2n) is 4.82. The van der Waals surface area contributed by atoms with Crippen LogP contribution in [0.2, 0.25) is 0 Å². The maximum Gasteiger partial charge on any atom is 0.101 e. The minimum absolute atomic E-state index is 0.102. The largest absolute Gasteiger partial charge is 0.266 e. The van der Waals surface area contributed by atoms with E-state index >= 15 is 0 Å². The van der Waals surface area contributed by atoms with Crippen LogP contribution >= 0.6 is 0 Å². The van der Waals surface area contributed by atoms with E-state index in [1.807, 2.05) is 42.2 Å². The van der Waals surface area contributed by atoms with Gasteiger partial charge in [0.15, 0.2) is 0 Å². The number of hydrogen-bond acceptors (Lipinski definition) is 4. The zero-order valence-corrected chi connectivity index (χ0v) is 11.1. The van der Waals surface area contributed by atoms with Crippen molar-refractivity contribution in [3.05, 3.63) is 40.8 Å². The summed E-state index contributed by atoms with van der Waals surface area (Å²) in [5.41, 5.74) is 1.04. The van der Waals surface area contributed by atoms with Crippen LogP contribution in [-0.2, 0) is 6.54 Å². The molecule has 100 valence electrons. The van der Waals surface area contributed by atoms with Gasteiger partial charge in [0.05, 0.1) is 23.9 Å². The van der Waals surface area contributed by atoms with Gasteiger partial charge >= 0.3 is 0 Å². The smallest absolute Gasteiger partial charge is 0.101 e. The van der Waals surface area contributed by atoms with Crippen molar-refractivity contribution < 1.29 is 0 Å². The van der Waals surface area contributed by atoms with Crippen LogP contribution in [0.4, 0.5) is 0 Å². The normalized spacial score (nSPS) is 20.7. The second kappa shape index (κ2) is 6.30. The van der Waals surface area contributed by atoms with Crippen LogP contribution in [0, 0.1) is 16.2 Å². The molecule has 0 N–H and O–H groups in total. The van der Waals surface area contributed by atoms with Gasteiger partial charge in [-0.05, 0) is 25.3 Å². The van der Waals surface area contributed by atoms with E-state index in [1.54, 1.807) is 0 Å². The number of hydrogen-bond donors (Lipinski definition) is 0. The fourth-order valence-electron chi connectivity index (χ4n) is 2.55. The van der Waals surface area contributed by atoms with E-state index in [1.165, 1.54) is 5.01 Å². The summed E-state index contributed by atoms with van der Waals surface area (Å²) in [6.07, 6.45) is 1.73. The summed E-state index contributed by atoms with van der Waals surface area (Å²) >= 11 is 0. The lowest BCUT2D eigenvalue weighted by Crippen LogP contribution is -2.45. The van der Waals surface area contributed by atoms with E-state index in [4.69, 9.17) is 5.26 Å². The first-order valence-corrected chi connectivity index (χ1v) is 6.55. The molecule has 1 aromatic carbocycles. The first kappa shape index (κ1) is 13.5. The number of nitroso groups, excluding NO2 is 1. The fraction of sp³-hybridized carbons (Fsp3) is 0.500. The molecular formula is C14H18N4O. The molecule has 19 heavy (non-hydrogen) atoms. The van der Waals surface area contributed by atoms with E-state index in [0.717, 1.165) is 24.9 Å². The zero-order valence-electron chi connectivity index (χ0n) is 11.1. The Kier molecular flexibility index (Phi) is 4.48. The van der Waals surface area contributed by atoms with Gasteiger partial charge < -0.3 is 0 Å². The standard InChI is InChI=1S/C14H18N4O/c1-12(17-9-5-8-14(17)10-15)18(16-19)11-13-6-3-2-4-7-13/h2-4,6-7,12,14H,5,8-9,11H2,1H3. The van der Waals surface area contributed by atoms with Crippen LogP contribution in [0.3, 0.4) is 0 Å². The van der Waals surface area contributed by atoms with Crippen molar-refractivity contribution in [1.82, 2.24) is 9.91 Å². The maximum atomic E-state index is 11.1. The highest BCUT2D eigenvalue weighted by molar-refractivity contribution is 5.14. The van der Waals surface area contributed by atoms with Crippen molar-refractivity contribution >= 4 is 0 Å². The summed E-state index contributed by atoms with van der Waals surface area (Å²) < 4.78 is 0. The first-order chi connectivity index (χ1) is 9.26. The molecule has 2 rings (SSSR count). The molecule has 0 aliphatic carbocycles. The van der Waals surface area contributed by atoms with Crippen molar-refractivity contribution in [2.45, 2.75) is 38.5 Å². The molecule has 0 bridgehead atoms. The van der Waals surface area contributed by atoms with Crippen LogP contribution in [0.1, 0.15) is 25.3 Å². The van der Waals surface area contributed by atoms with Crippen molar-refractivity contribution in [3.63, 3.8) is 0 Å². The van der Waals surface area contributed by atoms with Crippen molar-refractivity contribution in [2.75, 3.05) is 6.54 Å². The summed E-state index contributed by atoms with van der Waals surface area (Å²) in [7, 11) is 0. The quantitative estimate of drug-likeness (QED) is 0.601. The molecule has 2 atom stereocenters. The lowest BCUT2D eigenvalue weighted by molar-refractivity contribution is 0.0529. The van der Waals surface area contributed by atoms with Crippen LogP contribution < -0.4 is 0 Å². The Morgan fingerprint density at radius 1 is 1.53 bits per heavy atom. The summed E-state index contributed by atoms with van der Waals surface area (Å²) in [5.74, 6) is 0. The van der Waals surface area contributed by atoms with Crippen molar-refractivity contribution in [1.29, 1.82) is 5.26 Å². The molecule has 1 aliphatic rings. The SMILES string of the molecule is CC(N(Cc1ccccc1)N=O)N1CCCC1C#N. The Morgan fingerprint density at radius 2 is 2.26 bits per heavy atom. The van der Waals surface area contributed by atoms with Crippen molar-refractivity contribution in [2.24, 2.45) is 5.29 Å². The Bertz CT molecular complexity index is 456. The van der Waals surface area contributed by atoms with Gasteiger partial charge in [0, 0.05) is 6.54 Å². The third-order valence-corrected chi connectivity index (χ3v) is 3.65. The van der Waals surface area contributed by atoms with Crippen LogP contribution in [0.15, 0.2) is 35.6 Å². The van der Waals surface area contributed by atoms with Crippen molar-refractivity contribution in [3.8, 4) is 6.07 Å². The molecule has 1 aliphatic heterocycles. The van der Waals surface area contributed by atoms with E-state index in [-0.39, 0.29) is 12.2 Å². The van der Waals surface area contributed by atoms with E-state index in [9.17, 15) is 4.91 Å². The molecule has 1 heterocycles. The van der Waals surface area contributed by atoms with Gasteiger partial charge in [0.2, 0.25) is 0 Å². The van der Waals surface area contributed by atoms with Crippen LogP contribution in [0.5, 0.6) is 0 Å². The second-order valence-corrected chi connectivity index (χ2v) is 4.82. The maximum absolute atomic E-state index is 11.1. The Hall–Kier alpha value is -1.93. The lowest BCUT2D eigenvalue weighted by atomic mass is 10.2. The number of likely N-dealkylation sites (tertiary alicyclic amines) is 1. The van der Waals surface area contributed by atoms with Crippen LogP contribution in [-0.4, -0.2) is 28.7 Å². The average Bonchev–Trinajstić information content (AvgIpc) is 2.93. The van der Waals surface area contributed by atoms with Crippen LogP contribution in [0.25, 0.3) is 0 Å². The summed E-state index contributed by atoms with van der Waals surface area (Å²) in [6.45, 7) is 3.25. The molecule has 0 aromatic heterocycles. The van der Waals surface area contributed by atoms with Gasteiger partial charge in [-0.2, -0.15) is 5.26 Å².